The smallest absolute Gasteiger partial charge is 0.221 e. The van der Waals surface area contributed by atoms with Gasteiger partial charge in [-0.3, -0.25) is 14.4 Å². The van der Waals surface area contributed by atoms with Crippen molar-refractivity contribution in [3.8, 4) is 0 Å². The fourth-order valence-electron chi connectivity index (χ4n) is 0.525. The molecule has 0 heterocycles. The number of methoxy groups -OCH3 is 1. The molecular weight excluding hydrogens is 214 g/mol. The second-order valence-corrected chi connectivity index (χ2v) is 2.65. The molecule has 0 aromatic carbocycles. The van der Waals surface area contributed by atoms with E-state index in [1.165, 1.54) is 7.11 Å². The van der Waals surface area contributed by atoms with E-state index in [9.17, 15) is 9.59 Å². The minimum absolute atomic E-state index is 0.0202. The van der Waals surface area contributed by atoms with Gasteiger partial charge < -0.3 is 15.4 Å². The maximum absolute atomic E-state index is 10.4. The summed E-state index contributed by atoms with van der Waals surface area (Å²) in [5.74, 6) is 4.58. The molecule has 0 unspecified atom stereocenters. The molecule has 0 rings (SSSR count). The van der Waals surface area contributed by atoms with Gasteiger partial charge in [-0.25, -0.2) is 5.90 Å². The number of carbonyl (C=O) groups is 2. The van der Waals surface area contributed by atoms with Gasteiger partial charge in [0, 0.05) is 20.0 Å². The Morgan fingerprint density at radius 1 is 1.06 bits per heavy atom. The second kappa shape index (κ2) is 13.8. The van der Waals surface area contributed by atoms with Crippen LogP contribution in [0.25, 0.3) is 0 Å². The highest BCUT2D eigenvalue weighted by atomic mass is 16.6. The zero-order valence-electron chi connectivity index (χ0n) is 10.0. The molecule has 0 fully saturated rings. The summed E-state index contributed by atoms with van der Waals surface area (Å²) in [7, 11) is 1.54. The van der Waals surface area contributed by atoms with E-state index < -0.39 is 0 Å². The van der Waals surface area contributed by atoms with Gasteiger partial charge in [-0.05, 0) is 0 Å². The molecule has 0 aliphatic carbocycles. The van der Waals surface area contributed by atoms with E-state index in [1.807, 2.05) is 0 Å². The Labute approximate surface area is 95.6 Å². The Kier molecular flexibility index (Phi) is 14.9. The lowest BCUT2D eigenvalue weighted by Crippen LogP contribution is -2.26. The van der Waals surface area contributed by atoms with Crippen molar-refractivity contribution in [3.05, 3.63) is 0 Å². The summed E-state index contributed by atoms with van der Waals surface area (Å²) in [6, 6.07) is 0. The number of ether oxygens (including phenoxy) is 1. The first-order valence-corrected chi connectivity index (χ1v) is 4.96. The molecule has 0 aliphatic rings. The monoisotopic (exact) mass is 235 g/mol. The summed E-state index contributed by atoms with van der Waals surface area (Å²) in [4.78, 5) is 24.8. The quantitative estimate of drug-likeness (QED) is 0.424. The van der Waals surface area contributed by atoms with Crippen LogP contribution < -0.4 is 16.5 Å². The second-order valence-electron chi connectivity index (χ2n) is 2.65. The third kappa shape index (κ3) is 15.3. The van der Waals surface area contributed by atoms with E-state index in [2.05, 4.69) is 26.1 Å². The van der Waals surface area contributed by atoms with E-state index in [-0.39, 0.29) is 18.5 Å². The van der Waals surface area contributed by atoms with Crippen molar-refractivity contribution in [1.82, 2.24) is 10.6 Å². The van der Waals surface area contributed by atoms with Crippen LogP contribution in [0.1, 0.15) is 26.7 Å². The summed E-state index contributed by atoms with van der Waals surface area (Å²) in [5, 5.41) is 4.92. The third-order valence-corrected chi connectivity index (χ3v) is 1.41. The number of hydrogen-bond acceptors (Lipinski definition) is 5. The molecule has 0 saturated carbocycles. The first-order chi connectivity index (χ1) is 7.62. The van der Waals surface area contributed by atoms with Gasteiger partial charge in [-0.1, -0.05) is 13.8 Å². The summed E-state index contributed by atoms with van der Waals surface area (Å²) in [6.07, 6.45) is 0.979. The number of amides is 2. The summed E-state index contributed by atoms with van der Waals surface area (Å²) in [5.41, 5.74) is 0. The molecule has 0 radical (unpaired) electrons. The van der Waals surface area contributed by atoms with Crippen molar-refractivity contribution >= 4 is 11.8 Å². The summed E-state index contributed by atoms with van der Waals surface area (Å²) < 4.78 is 4.58. The fourth-order valence-corrected chi connectivity index (χ4v) is 0.525. The number of rotatable bonds is 6. The highest BCUT2D eigenvalue weighted by molar-refractivity contribution is 5.75. The number of nitrogens with one attached hydrogen (secondary N) is 2. The van der Waals surface area contributed by atoms with Crippen LogP contribution in [-0.2, 0) is 19.2 Å². The molecular formula is C9H21N3O4. The largest absolute Gasteiger partial charge is 0.364 e. The van der Waals surface area contributed by atoms with Crippen LogP contribution in [0.15, 0.2) is 0 Å². The molecule has 0 saturated heterocycles. The zero-order chi connectivity index (χ0) is 12.8. The van der Waals surface area contributed by atoms with E-state index >= 15 is 0 Å². The highest BCUT2D eigenvalue weighted by Gasteiger charge is 1.91. The molecule has 0 atom stereocenters. The number of hydrogen-bond donors (Lipinski definition) is 3. The standard InChI is InChI=1S/C5H11NO2.C4H10N2O2/c1-3-5(7)6-4-8-2;1-2-4(7)6-3-8-5/h3-4H2,1-2H3,(H,6,7);2-3,5H2,1H3,(H,6,7). The van der Waals surface area contributed by atoms with E-state index in [4.69, 9.17) is 0 Å². The zero-order valence-corrected chi connectivity index (χ0v) is 10.0. The maximum Gasteiger partial charge on any atom is 0.221 e. The van der Waals surface area contributed by atoms with E-state index in [0.29, 0.717) is 19.6 Å². The van der Waals surface area contributed by atoms with Gasteiger partial charge >= 0.3 is 0 Å². The highest BCUT2D eigenvalue weighted by Crippen LogP contribution is 1.72. The molecule has 2 amide bonds. The molecule has 0 spiro atoms. The van der Waals surface area contributed by atoms with Gasteiger partial charge in [0.05, 0.1) is 0 Å². The average molecular weight is 235 g/mol. The first kappa shape index (κ1) is 17.2. The Balaban J connectivity index is 0. The minimum Gasteiger partial charge on any atom is -0.364 e. The van der Waals surface area contributed by atoms with Gasteiger partial charge in [-0.2, -0.15) is 0 Å². The number of carbonyl (C=O) groups excluding carboxylic acids is 2. The minimum atomic E-state index is -0.0598. The van der Waals surface area contributed by atoms with Crippen LogP contribution in [0.4, 0.5) is 0 Å². The Hall–Kier alpha value is -1.18. The van der Waals surface area contributed by atoms with Crippen molar-refractivity contribution in [2.45, 2.75) is 26.7 Å². The SMILES string of the molecule is CCC(=O)NCOC.CCC(=O)NCON. The van der Waals surface area contributed by atoms with Crippen LogP contribution in [0.5, 0.6) is 0 Å². The average Bonchev–Trinajstić information content (AvgIpc) is 2.33. The predicted molar refractivity (Wildman–Crippen MR) is 58.9 cm³/mol. The Bertz CT molecular complexity index is 168. The first-order valence-electron chi connectivity index (χ1n) is 4.96. The molecule has 0 bridgehead atoms. The van der Waals surface area contributed by atoms with Crippen LogP contribution in [0, 0.1) is 0 Å². The molecule has 0 aromatic rings. The maximum atomic E-state index is 10.4. The van der Waals surface area contributed by atoms with Crippen molar-refractivity contribution < 1.29 is 19.2 Å². The molecule has 0 aromatic heterocycles. The van der Waals surface area contributed by atoms with Crippen molar-refractivity contribution in [3.63, 3.8) is 0 Å². The van der Waals surface area contributed by atoms with Crippen LogP contribution in [-0.4, -0.2) is 32.4 Å². The van der Waals surface area contributed by atoms with Crippen molar-refractivity contribution in [2.75, 3.05) is 20.6 Å². The molecule has 7 nitrogen and oxygen atoms in total. The normalized spacial score (nSPS) is 8.75. The summed E-state index contributed by atoms with van der Waals surface area (Å²) in [6.45, 7) is 3.95. The Morgan fingerprint density at radius 3 is 1.81 bits per heavy atom. The molecule has 0 aliphatic heterocycles. The lowest BCUT2D eigenvalue weighted by Gasteiger charge is -1.98. The van der Waals surface area contributed by atoms with Gasteiger partial charge in [-0.15, -0.1) is 0 Å². The van der Waals surface area contributed by atoms with E-state index in [1.54, 1.807) is 13.8 Å². The van der Waals surface area contributed by atoms with Crippen LogP contribution in [0.3, 0.4) is 0 Å². The number of nitrogens with two attached hydrogens (primary N) is 1. The summed E-state index contributed by atoms with van der Waals surface area (Å²) >= 11 is 0. The van der Waals surface area contributed by atoms with Crippen molar-refractivity contribution in [1.29, 1.82) is 0 Å². The molecule has 96 valence electrons. The van der Waals surface area contributed by atoms with Crippen LogP contribution in [0.2, 0.25) is 0 Å². The topological polar surface area (TPSA) is 103 Å². The predicted octanol–water partition coefficient (Wildman–Crippen LogP) is -0.523. The van der Waals surface area contributed by atoms with Gasteiger partial charge in [0.15, 0.2) is 0 Å². The Morgan fingerprint density at radius 2 is 1.50 bits per heavy atom. The fraction of sp³-hybridized carbons (Fsp3) is 0.778. The van der Waals surface area contributed by atoms with Crippen LogP contribution >= 0.6 is 0 Å². The molecule has 7 heteroatoms. The third-order valence-electron chi connectivity index (χ3n) is 1.41. The molecule has 16 heavy (non-hydrogen) atoms. The van der Waals surface area contributed by atoms with Crippen molar-refractivity contribution in [2.24, 2.45) is 5.90 Å². The lowest BCUT2D eigenvalue weighted by molar-refractivity contribution is -0.123. The lowest BCUT2D eigenvalue weighted by atomic mass is 10.5. The van der Waals surface area contributed by atoms with Gasteiger partial charge in [0.25, 0.3) is 0 Å². The van der Waals surface area contributed by atoms with Gasteiger partial charge in [0.2, 0.25) is 11.8 Å². The molecule has 4 N–H and O–H groups in total. The van der Waals surface area contributed by atoms with Gasteiger partial charge in [0.1, 0.15) is 13.5 Å². The van der Waals surface area contributed by atoms with E-state index in [0.717, 1.165) is 0 Å².